The smallest absolute Gasteiger partial charge is 0.327 e. The molecule has 1 fully saturated rings. The van der Waals surface area contributed by atoms with Gasteiger partial charge in [0.25, 0.3) is 11.8 Å². The number of esters is 1. The first-order valence-electron chi connectivity index (χ1n) is 10.2. The average Bonchev–Trinajstić information content (AvgIpc) is 3.07. The van der Waals surface area contributed by atoms with Gasteiger partial charge in [-0.2, -0.15) is 8.78 Å². The summed E-state index contributed by atoms with van der Waals surface area (Å²) in [6.45, 7) is 0.341. The fourth-order valence-corrected chi connectivity index (χ4v) is 3.51. The molecule has 1 aromatic rings. The van der Waals surface area contributed by atoms with Crippen LogP contribution in [-0.4, -0.2) is 41.7 Å². The summed E-state index contributed by atoms with van der Waals surface area (Å²) < 4.78 is 71.9. The van der Waals surface area contributed by atoms with Crippen molar-refractivity contribution >= 4 is 23.7 Å². The van der Waals surface area contributed by atoms with Crippen LogP contribution >= 0.6 is 0 Å². The zero-order chi connectivity index (χ0) is 24.3. The van der Waals surface area contributed by atoms with Crippen molar-refractivity contribution in [2.45, 2.75) is 38.5 Å². The Morgan fingerprint density at radius 3 is 1.94 bits per heavy atom. The Balaban J connectivity index is 1.53. The SMILES string of the molecule is O=C1C=CC(=O)N1CCCCCNC(=O)C1(C(=O)Oc2c(F)c(F)c(F)c(F)c2F)CCC1. The summed E-state index contributed by atoms with van der Waals surface area (Å²) in [6.07, 6.45) is 4.21. The summed E-state index contributed by atoms with van der Waals surface area (Å²) >= 11 is 0. The highest BCUT2D eigenvalue weighted by atomic mass is 19.2. The van der Waals surface area contributed by atoms with Crippen LogP contribution in [0.1, 0.15) is 38.5 Å². The van der Waals surface area contributed by atoms with Gasteiger partial charge in [0.05, 0.1) is 0 Å². The predicted molar refractivity (Wildman–Crippen MR) is 101 cm³/mol. The molecule has 1 aromatic carbocycles. The van der Waals surface area contributed by atoms with Gasteiger partial charge in [0.1, 0.15) is 5.41 Å². The van der Waals surface area contributed by atoms with Crippen LogP contribution in [0.25, 0.3) is 0 Å². The second kappa shape index (κ2) is 9.67. The number of rotatable bonds is 9. The van der Waals surface area contributed by atoms with E-state index in [2.05, 4.69) is 10.1 Å². The topological polar surface area (TPSA) is 92.8 Å². The molecule has 178 valence electrons. The number of hydrogen-bond donors (Lipinski definition) is 1. The predicted octanol–water partition coefficient (Wildman–Crippen LogP) is 2.67. The maximum Gasteiger partial charge on any atom is 0.327 e. The molecule has 0 aromatic heterocycles. The van der Waals surface area contributed by atoms with Gasteiger partial charge in [0, 0.05) is 25.2 Å². The third kappa shape index (κ3) is 4.60. The van der Waals surface area contributed by atoms with E-state index in [-0.39, 0.29) is 25.9 Å². The molecule has 0 atom stereocenters. The highest BCUT2D eigenvalue weighted by Crippen LogP contribution is 2.43. The Hall–Kier alpha value is -3.31. The molecule has 33 heavy (non-hydrogen) atoms. The second-order valence-electron chi connectivity index (χ2n) is 7.70. The van der Waals surface area contributed by atoms with Crippen molar-refractivity contribution in [3.8, 4) is 5.75 Å². The lowest BCUT2D eigenvalue weighted by Gasteiger charge is -2.37. The first-order chi connectivity index (χ1) is 15.6. The lowest BCUT2D eigenvalue weighted by molar-refractivity contribution is -0.160. The normalized spacial score (nSPS) is 16.7. The van der Waals surface area contributed by atoms with Gasteiger partial charge in [-0.3, -0.25) is 24.1 Å². The van der Waals surface area contributed by atoms with Crippen molar-refractivity contribution in [3.63, 3.8) is 0 Å². The summed E-state index contributed by atoms with van der Waals surface area (Å²) in [5.41, 5.74) is -1.79. The quantitative estimate of drug-likeness (QED) is 0.0869. The molecule has 2 aliphatic rings. The number of nitrogens with zero attached hydrogens (tertiary/aromatic N) is 1. The Labute approximate surface area is 184 Å². The molecule has 7 nitrogen and oxygen atoms in total. The summed E-state index contributed by atoms with van der Waals surface area (Å²) in [7, 11) is 0. The van der Waals surface area contributed by atoms with Crippen molar-refractivity contribution in [3.05, 3.63) is 41.2 Å². The molecule has 1 N–H and O–H groups in total. The molecule has 0 bridgehead atoms. The van der Waals surface area contributed by atoms with Crippen molar-refractivity contribution in [1.29, 1.82) is 0 Å². The van der Waals surface area contributed by atoms with Gasteiger partial charge in [-0.05, 0) is 32.1 Å². The van der Waals surface area contributed by atoms with Crippen LogP contribution in [-0.2, 0) is 19.2 Å². The molecular formula is C21H19F5N2O5. The molecule has 1 heterocycles. The van der Waals surface area contributed by atoms with Gasteiger partial charge >= 0.3 is 5.97 Å². The molecule has 0 radical (unpaired) electrons. The Bertz CT molecular complexity index is 991. The van der Waals surface area contributed by atoms with Crippen LogP contribution in [0.4, 0.5) is 22.0 Å². The standard InChI is InChI=1S/C21H19F5N2O5/c22-13-14(23)16(25)18(17(26)15(13)24)33-20(32)21(7-4-8-21)19(31)27-9-2-1-3-10-28-11(29)5-6-12(28)30/h5-6H,1-4,7-10H2,(H,27,31). The van der Waals surface area contributed by atoms with Crippen molar-refractivity contribution in [2.75, 3.05) is 13.1 Å². The van der Waals surface area contributed by atoms with Crippen LogP contribution in [0.5, 0.6) is 5.75 Å². The third-order valence-electron chi connectivity index (χ3n) is 5.64. The largest absolute Gasteiger partial charge is 0.419 e. The minimum absolute atomic E-state index is 0.0146. The van der Waals surface area contributed by atoms with Gasteiger partial charge < -0.3 is 10.1 Å². The fraction of sp³-hybridized carbons (Fsp3) is 0.429. The highest BCUT2D eigenvalue weighted by molar-refractivity contribution is 6.12. The van der Waals surface area contributed by atoms with Gasteiger partial charge in [0.15, 0.2) is 0 Å². The molecule has 1 aliphatic carbocycles. The number of ether oxygens (including phenoxy) is 1. The van der Waals surface area contributed by atoms with Gasteiger partial charge in [-0.1, -0.05) is 6.42 Å². The molecule has 0 spiro atoms. The number of halogens is 5. The number of nitrogens with one attached hydrogen (secondary N) is 1. The van der Waals surface area contributed by atoms with E-state index in [1.807, 2.05) is 0 Å². The van der Waals surface area contributed by atoms with Crippen molar-refractivity contribution in [1.82, 2.24) is 10.2 Å². The maximum atomic E-state index is 13.8. The van der Waals surface area contributed by atoms with Crippen LogP contribution in [0.2, 0.25) is 0 Å². The van der Waals surface area contributed by atoms with Crippen LogP contribution in [0, 0.1) is 34.5 Å². The van der Waals surface area contributed by atoms with Crippen molar-refractivity contribution < 1.29 is 45.9 Å². The van der Waals surface area contributed by atoms with E-state index in [4.69, 9.17) is 0 Å². The molecule has 1 aliphatic heterocycles. The average molecular weight is 474 g/mol. The van der Waals surface area contributed by atoms with Crippen LogP contribution < -0.4 is 10.1 Å². The highest BCUT2D eigenvalue weighted by Gasteiger charge is 2.53. The third-order valence-corrected chi connectivity index (χ3v) is 5.64. The van der Waals surface area contributed by atoms with Gasteiger partial charge in [0.2, 0.25) is 40.7 Å². The van der Waals surface area contributed by atoms with E-state index in [0.717, 1.165) is 4.90 Å². The molecule has 3 rings (SSSR count). The lowest BCUT2D eigenvalue weighted by Crippen LogP contribution is -2.53. The van der Waals surface area contributed by atoms with E-state index in [9.17, 15) is 41.1 Å². The summed E-state index contributed by atoms with van der Waals surface area (Å²) in [5, 5.41) is 2.50. The zero-order valence-corrected chi connectivity index (χ0v) is 17.2. The number of imide groups is 1. The summed E-state index contributed by atoms with van der Waals surface area (Å²) in [5.74, 6) is -16.3. The van der Waals surface area contributed by atoms with Gasteiger partial charge in [-0.15, -0.1) is 0 Å². The molecule has 12 heteroatoms. The second-order valence-corrected chi connectivity index (χ2v) is 7.70. The fourth-order valence-electron chi connectivity index (χ4n) is 3.51. The molecule has 0 saturated heterocycles. The van der Waals surface area contributed by atoms with E-state index in [1.54, 1.807) is 0 Å². The van der Waals surface area contributed by atoms with Crippen molar-refractivity contribution in [2.24, 2.45) is 5.41 Å². The zero-order valence-electron chi connectivity index (χ0n) is 17.2. The van der Waals surface area contributed by atoms with E-state index in [0.29, 0.717) is 25.7 Å². The van der Waals surface area contributed by atoms with E-state index in [1.165, 1.54) is 12.2 Å². The number of unbranched alkanes of at least 4 members (excludes halogenated alkanes) is 2. The maximum absolute atomic E-state index is 13.8. The number of benzene rings is 1. The lowest BCUT2D eigenvalue weighted by atomic mass is 9.68. The number of carbonyl (C=O) groups excluding carboxylic acids is 4. The number of hydrogen-bond acceptors (Lipinski definition) is 5. The molecule has 0 unspecified atom stereocenters. The Kier molecular flexibility index (Phi) is 7.13. The first kappa shape index (κ1) is 24.3. The minimum Gasteiger partial charge on any atom is -0.419 e. The number of carbonyl (C=O) groups is 4. The van der Waals surface area contributed by atoms with E-state index >= 15 is 0 Å². The Morgan fingerprint density at radius 2 is 1.42 bits per heavy atom. The number of amides is 3. The van der Waals surface area contributed by atoms with Crippen LogP contribution in [0.15, 0.2) is 12.2 Å². The molecular weight excluding hydrogens is 455 g/mol. The molecule has 3 amide bonds. The first-order valence-corrected chi connectivity index (χ1v) is 10.2. The monoisotopic (exact) mass is 474 g/mol. The van der Waals surface area contributed by atoms with Gasteiger partial charge in [-0.25, -0.2) is 13.2 Å². The summed E-state index contributed by atoms with van der Waals surface area (Å²) in [4.78, 5) is 49.0. The Morgan fingerprint density at radius 1 is 0.879 bits per heavy atom. The van der Waals surface area contributed by atoms with E-state index < -0.39 is 63.9 Å². The minimum atomic E-state index is -2.39. The summed E-state index contributed by atoms with van der Waals surface area (Å²) in [6, 6.07) is 0. The molecule has 1 saturated carbocycles. The van der Waals surface area contributed by atoms with Crippen LogP contribution in [0.3, 0.4) is 0 Å².